The number of hydrogen-bond acceptors (Lipinski definition) is 5. The number of halogens is 1. The summed E-state index contributed by atoms with van der Waals surface area (Å²) < 4.78 is 10.7. The smallest absolute Gasteiger partial charge is 0.410 e. The third-order valence-corrected chi connectivity index (χ3v) is 6.60. The lowest BCUT2D eigenvalue weighted by Crippen LogP contribution is -2.48. The maximum absolute atomic E-state index is 12.8. The largest absolute Gasteiger partial charge is 0.463 e. The molecule has 0 N–H and O–H groups in total. The highest BCUT2D eigenvalue weighted by atomic mass is 35.5. The monoisotopic (exact) mass is 494 g/mol. The SMILES string of the molecule is CCOC(=O)/C=C/C1=Cc2cccnc2C2(CCN(C(=O)OC(C)(C)C)CC2)c2ccc(Cl)cc21. The number of aromatic nitrogens is 1. The van der Waals surface area contributed by atoms with Gasteiger partial charge in [-0.2, -0.15) is 0 Å². The normalized spacial score (nSPS) is 16.8. The first kappa shape index (κ1) is 25.0. The van der Waals surface area contributed by atoms with E-state index in [0.29, 0.717) is 37.6 Å². The van der Waals surface area contributed by atoms with Gasteiger partial charge in [-0.15, -0.1) is 0 Å². The van der Waals surface area contributed by atoms with Gasteiger partial charge in [-0.05, 0) is 93.2 Å². The van der Waals surface area contributed by atoms with Crippen LogP contribution in [-0.2, 0) is 19.7 Å². The molecule has 7 heteroatoms. The molecule has 0 saturated carbocycles. The number of esters is 1. The Bertz CT molecular complexity index is 1190. The Kier molecular flexibility index (Phi) is 7.04. The van der Waals surface area contributed by atoms with Crippen molar-refractivity contribution in [2.45, 2.75) is 51.6 Å². The lowest BCUT2D eigenvalue weighted by atomic mass is 9.68. The zero-order chi connectivity index (χ0) is 25.2. The molecule has 1 aromatic heterocycles. The van der Waals surface area contributed by atoms with Gasteiger partial charge in [0.25, 0.3) is 0 Å². The number of benzene rings is 1. The summed E-state index contributed by atoms with van der Waals surface area (Å²) in [5.41, 5.74) is 3.88. The fourth-order valence-electron chi connectivity index (χ4n) is 4.87. The van der Waals surface area contributed by atoms with Crippen molar-refractivity contribution >= 4 is 35.3 Å². The van der Waals surface area contributed by atoms with Crippen molar-refractivity contribution in [1.29, 1.82) is 0 Å². The lowest BCUT2D eigenvalue weighted by molar-refractivity contribution is -0.137. The summed E-state index contributed by atoms with van der Waals surface area (Å²) in [4.78, 5) is 31.4. The van der Waals surface area contributed by atoms with Crippen LogP contribution in [0.1, 0.15) is 62.9 Å². The molecule has 2 heterocycles. The second kappa shape index (κ2) is 9.86. The summed E-state index contributed by atoms with van der Waals surface area (Å²) in [5.74, 6) is -0.395. The summed E-state index contributed by atoms with van der Waals surface area (Å²) in [5, 5.41) is 0.611. The molecule has 6 nitrogen and oxygen atoms in total. The van der Waals surface area contributed by atoms with E-state index in [2.05, 4.69) is 6.07 Å². The van der Waals surface area contributed by atoms with E-state index in [1.165, 1.54) is 6.08 Å². The van der Waals surface area contributed by atoms with Crippen LogP contribution in [0.15, 0.2) is 48.7 Å². The average Bonchev–Trinajstić information content (AvgIpc) is 2.91. The Morgan fingerprint density at radius 2 is 1.94 bits per heavy atom. The molecule has 1 fully saturated rings. The molecule has 1 saturated heterocycles. The van der Waals surface area contributed by atoms with Crippen LogP contribution >= 0.6 is 11.6 Å². The Morgan fingerprint density at radius 3 is 2.63 bits per heavy atom. The van der Waals surface area contributed by atoms with E-state index in [4.69, 9.17) is 26.1 Å². The van der Waals surface area contributed by atoms with Crippen molar-refractivity contribution in [1.82, 2.24) is 9.88 Å². The van der Waals surface area contributed by atoms with Gasteiger partial charge in [-0.3, -0.25) is 4.98 Å². The fraction of sp³-hybridized carbons (Fsp3) is 0.393. The minimum Gasteiger partial charge on any atom is -0.463 e. The number of hydrogen-bond donors (Lipinski definition) is 0. The Morgan fingerprint density at radius 1 is 1.20 bits per heavy atom. The molecule has 1 amide bonds. The molecule has 0 atom stereocenters. The maximum Gasteiger partial charge on any atom is 0.410 e. The van der Waals surface area contributed by atoms with Crippen molar-refractivity contribution in [2.24, 2.45) is 0 Å². The number of rotatable bonds is 3. The summed E-state index contributed by atoms with van der Waals surface area (Å²) >= 11 is 6.44. The first-order chi connectivity index (χ1) is 16.6. The molecule has 35 heavy (non-hydrogen) atoms. The second-order valence-corrected chi connectivity index (χ2v) is 10.3. The van der Waals surface area contributed by atoms with E-state index in [9.17, 15) is 9.59 Å². The van der Waals surface area contributed by atoms with Crippen molar-refractivity contribution in [3.05, 3.63) is 76.1 Å². The van der Waals surface area contributed by atoms with Crippen molar-refractivity contribution < 1.29 is 19.1 Å². The van der Waals surface area contributed by atoms with Crippen LogP contribution < -0.4 is 0 Å². The number of allylic oxidation sites excluding steroid dienone is 2. The molecule has 0 bridgehead atoms. The Balaban J connectivity index is 1.78. The van der Waals surface area contributed by atoms with Gasteiger partial charge < -0.3 is 14.4 Å². The lowest BCUT2D eigenvalue weighted by Gasteiger charge is -2.43. The van der Waals surface area contributed by atoms with E-state index in [0.717, 1.165) is 28.0 Å². The van der Waals surface area contributed by atoms with Crippen LogP contribution in [-0.4, -0.2) is 47.2 Å². The van der Waals surface area contributed by atoms with E-state index >= 15 is 0 Å². The zero-order valence-corrected chi connectivity index (χ0v) is 21.4. The third kappa shape index (κ3) is 5.27. The third-order valence-electron chi connectivity index (χ3n) is 6.37. The van der Waals surface area contributed by atoms with Gasteiger partial charge in [0.05, 0.1) is 12.3 Å². The topological polar surface area (TPSA) is 68.7 Å². The average molecular weight is 495 g/mol. The molecule has 1 spiro atoms. The van der Waals surface area contributed by atoms with Gasteiger partial charge in [0, 0.05) is 35.8 Å². The maximum atomic E-state index is 12.8. The molecular weight excluding hydrogens is 464 g/mol. The molecule has 1 aliphatic carbocycles. The highest BCUT2D eigenvalue weighted by Gasteiger charge is 2.44. The molecule has 1 aromatic carbocycles. The van der Waals surface area contributed by atoms with Crippen LogP contribution in [0.25, 0.3) is 11.6 Å². The molecule has 0 unspecified atom stereocenters. The number of nitrogens with zero attached hydrogens (tertiary/aromatic N) is 2. The molecule has 2 aromatic rings. The molecule has 2 aliphatic rings. The minimum atomic E-state index is -0.546. The highest BCUT2D eigenvalue weighted by Crippen LogP contribution is 2.48. The van der Waals surface area contributed by atoms with Gasteiger partial charge in [-0.1, -0.05) is 23.7 Å². The standard InChI is InChI=1S/C28H31ClN2O4/c1-5-34-24(32)11-8-19-17-20-7-6-14-30-25(20)28(23-10-9-21(29)18-22(19)23)12-15-31(16-13-28)26(33)35-27(2,3)4/h6-11,14,17-18H,5,12-13,15-16H2,1-4H3/b11-8+. The van der Waals surface area contributed by atoms with E-state index in [-0.39, 0.29) is 6.09 Å². The molecule has 1 aliphatic heterocycles. The summed E-state index contributed by atoms with van der Waals surface area (Å²) in [7, 11) is 0. The van der Waals surface area contributed by atoms with Crippen LogP contribution in [0.5, 0.6) is 0 Å². The van der Waals surface area contributed by atoms with Crippen LogP contribution in [0.4, 0.5) is 4.79 Å². The van der Waals surface area contributed by atoms with Crippen LogP contribution in [0.2, 0.25) is 5.02 Å². The minimum absolute atomic E-state index is 0.297. The molecular formula is C28H31ClN2O4. The van der Waals surface area contributed by atoms with E-state index < -0.39 is 17.0 Å². The van der Waals surface area contributed by atoms with Crippen molar-refractivity contribution in [2.75, 3.05) is 19.7 Å². The summed E-state index contributed by atoms with van der Waals surface area (Å²) in [6, 6.07) is 9.83. The van der Waals surface area contributed by atoms with E-state index in [1.54, 1.807) is 17.9 Å². The quantitative estimate of drug-likeness (QED) is 0.385. The second-order valence-electron chi connectivity index (χ2n) is 9.87. The number of pyridine rings is 1. The fourth-order valence-corrected chi connectivity index (χ4v) is 5.04. The van der Waals surface area contributed by atoms with Gasteiger partial charge in [0.1, 0.15) is 5.60 Å². The predicted octanol–water partition coefficient (Wildman–Crippen LogP) is 6.03. The number of likely N-dealkylation sites (tertiary alicyclic amines) is 1. The number of piperidine rings is 1. The van der Waals surface area contributed by atoms with Crippen LogP contribution in [0.3, 0.4) is 0 Å². The van der Waals surface area contributed by atoms with Crippen LogP contribution in [0, 0.1) is 0 Å². The highest BCUT2D eigenvalue weighted by molar-refractivity contribution is 6.30. The number of carbonyl (C=O) groups is 2. The molecule has 184 valence electrons. The first-order valence-electron chi connectivity index (χ1n) is 11.9. The van der Waals surface area contributed by atoms with Gasteiger partial charge in [-0.25, -0.2) is 9.59 Å². The van der Waals surface area contributed by atoms with Gasteiger partial charge in [0.15, 0.2) is 0 Å². The zero-order valence-electron chi connectivity index (χ0n) is 20.6. The van der Waals surface area contributed by atoms with Crippen molar-refractivity contribution in [3.8, 4) is 0 Å². The van der Waals surface area contributed by atoms with Crippen molar-refractivity contribution in [3.63, 3.8) is 0 Å². The molecule has 4 rings (SSSR count). The van der Waals surface area contributed by atoms with E-state index in [1.807, 2.05) is 57.3 Å². The van der Waals surface area contributed by atoms with Gasteiger partial charge >= 0.3 is 12.1 Å². The molecule has 0 radical (unpaired) electrons. The first-order valence-corrected chi connectivity index (χ1v) is 12.3. The summed E-state index contributed by atoms with van der Waals surface area (Å²) in [6.07, 6.45) is 8.15. The number of amides is 1. The summed E-state index contributed by atoms with van der Waals surface area (Å²) in [6.45, 7) is 8.80. The Hall–Kier alpha value is -3.12. The van der Waals surface area contributed by atoms with Gasteiger partial charge in [0.2, 0.25) is 0 Å². The predicted molar refractivity (Wildman–Crippen MR) is 137 cm³/mol. The number of fused-ring (bicyclic) bond motifs is 4. The Labute approximate surface area is 211 Å². The number of carbonyl (C=O) groups excluding carboxylic acids is 2. The number of ether oxygens (including phenoxy) is 2.